The zero-order valence-corrected chi connectivity index (χ0v) is 14.0. The largest absolute Gasteiger partial charge is 0.496 e. The van der Waals surface area contributed by atoms with Crippen molar-refractivity contribution in [3.05, 3.63) is 16.6 Å². The van der Waals surface area contributed by atoms with Crippen molar-refractivity contribution in [2.45, 2.75) is 34.8 Å². The molecule has 1 aliphatic rings. The van der Waals surface area contributed by atoms with Crippen molar-refractivity contribution in [2.24, 2.45) is 5.92 Å². The number of hydrogen-bond acceptors (Lipinski definition) is 4. The second-order valence-corrected chi connectivity index (χ2v) is 7.78. The van der Waals surface area contributed by atoms with Gasteiger partial charge in [0.2, 0.25) is 0 Å². The summed E-state index contributed by atoms with van der Waals surface area (Å²) in [6.07, 6.45) is 1.10. The minimum Gasteiger partial charge on any atom is -0.496 e. The Labute approximate surface area is 125 Å². The third-order valence-corrected chi connectivity index (χ3v) is 6.21. The SMILES string of the molecule is COc1ccc(Br)c2c1SC(OCCC(C)C)S2. The van der Waals surface area contributed by atoms with E-state index in [1.165, 1.54) is 9.79 Å². The Hall–Kier alpha value is 0.160. The first-order valence-corrected chi connectivity index (χ1v) is 8.48. The molecule has 0 aliphatic carbocycles. The van der Waals surface area contributed by atoms with Gasteiger partial charge in [-0.25, -0.2) is 0 Å². The molecule has 1 aliphatic heterocycles. The number of hydrogen-bond donors (Lipinski definition) is 0. The third-order valence-electron chi connectivity index (χ3n) is 2.63. The molecule has 1 aromatic carbocycles. The van der Waals surface area contributed by atoms with E-state index in [1.807, 2.05) is 12.1 Å². The maximum absolute atomic E-state index is 5.90. The van der Waals surface area contributed by atoms with Gasteiger partial charge in [0.05, 0.1) is 12.0 Å². The van der Waals surface area contributed by atoms with Gasteiger partial charge >= 0.3 is 0 Å². The van der Waals surface area contributed by atoms with E-state index in [2.05, 4.69) is 29.8 Å². The molecule has 100 valence electrons. The third kappa shape index (κ3) is 3.38. The van der Waals surface area contributed by atoms with Gasteiger partial charge in [0.1, 0.15) is 5.75 Å². The maximum atomic E-state index is 5.90. The molecule has 0 bridgehead atoms. The molecular weight excluding hydrogens is 332 g/mol. The molecular formula is C13H17BrO2S2. The molecule has 0 radical (unpaired) electrons. The Morgan fingerprint density at radius 3 is 2.67 bits per heavy atom. The average molecular weight is 349 g/mol. The number of methoxy groups -OCH3 is 1. The minimum absolute atomic E-state index is 0.145. The van der Waals surface area contributed by atoms with E-state index in [0.29, 0.717) is 5.92 Å². The van der Waals surface area contributed by atoms with Crippen molar-refractivity contribution in [3.63, 3.8) is 0 Å². The van der Waals surface area contributed by atoms with E-state index in [1.54, 1.807) is 30.6 Å². The summed E-state index contributed by atoms with van der Waals surface area (Å²) < 4.78 is 12.6. The number of halogens is 1. The second kappa shape index (κ2) is 6.55. The van der Waals surface area contributed by atoms with Gasteiger partial charge in [0, 0.05) is 16.0 Å². The molecule has 18 heavy (non-hydrogen) atoms. The fourth-order valence-corrected chi connectivity index (χ4v) is 4.97. The lowest BCUT2D eigenvalue weighted by atomic mass is 10.1. The van der Waals surface area contributed by atoms with Crippen molar-refractivity contribution in [1.29, 1.82) is 0 Å². The molecule has 0 spiro atoms. The molecule has 0 amide bonds. The lowest BCUT2D eigenvalue weighted by Gasteiger charge is -2.11. The second-order valence-electron chi connectivity index (χ2n) is 4.49. The molecule has 0 aromatic heterocycles. The highest BCUT2D eigenvalue weighted by atomic mass is 79.9. The van der Waals surface area contributed by atoms with Crippen LogP contribution in [0.3, 0.4) is 0 Å². The van der Waals surface area contributed by atoms with Gasteiger partial charge in [-0.2, -0.15) is 0 Å². The van der Waals surface area contributed by atoms with Crippen LogP contribution in [-0.2, 0) is 4.74 Å². The Morgan fingerprint density at radius 2 is 2.00 bits per heavy atom. The summed E-state index contributed by atoms with van der Waals surface area (Å²) in [7, 11) is 1.71. The monoisotopic (exact) mass is 348 g/mol. The van der Waals surface area contributed by atoms with E-state index >= 15 is 0 Å². The van der Waals surface area contributed by atoms with E-state index in [4.69, 9.17) is 9.47 Å². The molecule has 2 rings (SSSR count). The zero-order valence-electron chi connectivity index (χ0n) is 10.7. The Kier molecular flexibility index (Phi) is 5.30. The highest BCUT2D eigenvalue weighted by molar-refractivity contribution is 9.10. The molecule has 1 unspecified atom stereocenters. The fraction of sp³-hybridized carbons (Fsp3) is 0.538. The van der Waals surface area contributed by atoms with E-state index in [-0.39, 0.29) is 4.77 Å². The van der Waals surface area contributed by atoms with Gasteiger partial charge in [0.25, 0.3) is 0 Å². The van der Waals surface area contributed by atoms with Crippen LogP contribution in [0, 0.1) is 5.92 Å². The van der Waals surface area contributed by atoms with Gasteiger partial charge in [-0.05, 0) is 40.4 Å². The van der Waals surface area contributed by atoms with Crippen LogP contribution in [0.1, 0.15) is 20.3 Å². The molecule has 0 saturated carbocycles. The number of benzene rings is 1. The fourth-order valence-electron chi connectivity index (χ4n) is 1.59. The van der Waals surface area contributed by atoms with E-state index in [9.17, 15) is 0 Å². The Balaban J connectivity index is 2.01. The van der Waals surface area contributed by atoms with Gasteiger partial charge in [-0.1, -0.05) is 37.4 Å². The van der Waals surface area contributed by atoms with Crippen LogP contribution in [0.2, 0.25) is 0 Å². The van der Waals surface area contributed by atoms with Crippen LogP contribution in [0.4, 0.5) is 0 Å². The van der Waals surface area contributed by atoms with Crippen LogP contribution in [-0.4, -0.2) is 18.5 Å². The molecule has 1 atom stereocenters. The lowest BCUT2D eigenvalue weighted by molar-refractivity contribution is 0.151. The van der Waals surface area contributed by atoms with Crippen LogP contribution in [0.5, 0.6) is 5.75 Å². The molecule has 1 heterocycles. The number of rotatable bonds is 5. The topological polar surface area (TPSA) is 18.5 Å². The highest BCUT2D eigenvalue weighted by Crippen LogP contribution is 2.54. The summed E-state index contributed by atoms with van der Waals surface area (Å²) in [5, 5.41) is 0. The summed E-state index contributed by atoms with van der Waals surface area (Å²) >= 11 is 7.08. The van der Waals surface area contributed by atoms with E-state index < -0.39 is 0 Å². The smallest absolute Gasteiger partial charge is 0.158 e. The number of thioether (sulfide) groups is 2. The summed E-state index contributed by atoms with van der Waals surface area (Å²) in [5.41, 5.74) is 0. The van der Waals surface area contributed by atoms with Crippen LogP contribution in [0.25, 0.3) is 0 Å². The minimum atomic E-state index is 0.145. The van der Waals surface area contributed by atoms with Crippen LogP contribution in [0.15, 0.2) is 26.4 Å². The van der Waals surface area contributed by atoms with Crippen molar-refractivity contribution in [2.75, 3.05) is 13.7 Å². The Morgan fingerprint density at radius 1 is 1.28 bits per heavy atom. The van der Waals surface area contributed by atoms with E-state index in [0.717, 1.165) is 23.2 Å². The summed E-state index contributed by atoms with van der Waals surface area (Å²) in [4.78, 5) is 2.42. The van der Waals surface area contributed by atoms with Crippen molar-refractivity contribution < 1.29 is 9.47 Å². The highest BCUT2D eigenvalue weighted by Gasteiger charge is 2.28. The summed E-state index contributed by atoms with van der Waals surface area (Å²) in [6, 6.07) is 4.02. The first-order chi connectivity index (χ1) is 8.61. The molecule has 2 nitrogen and oxygen atoms in total. The molecule has 0 saturated heterocycles. The predicted octanol–water partition coefficient (Wildman–Crippen LogP) is 5.00. The zero-order chi connectivity index (χ0) is 13.1. The van der Waals surface area contributed by atoms with Gasteiger partial charge in [-0.3, -0.25) is 0 Å². The lowest BCUT2D eigenvalue weighted by Crippen LogP contribution is -2.04. The first kappa shape index (κ1) is 14.6. The van der Waals surface area contributed by atoms with Gasteiger partial charge < -0.3 is 9.47 Å². The molecule has 0 fully saturated rings. The summed E-state index contributed by atoms with van der Waals surface area (Å²) in [6.45, 7) is 5.25. The summed E-state index contributed by atoms with van der Waals surface area (Å²) in [5.74, 6) is 1.62. The average Bonchev–Trinajstić information content (AvgIpc) is 2.74. The quantitative estimate of drug-likeness (QED) is 0.744. The number of ether oxygens (including phenoxy) is 2. The van der Waals surface area contributed by atoms with Gasteiger partial charge in [0.15, 0.2) is 4.77 Å². The van der Waals surface area contributed by atoms with Crippen molar-refractivity contribution >= 4 is 39.5 Å². The van der Waals surface area contributed by atoms with Crippen LogP contribution < -0.4 is 4.74 Å². The molecule has 0 N–H and O–H groups in total. The number of fused-ring (bicyclic) bond motifs is 1. The molecule has 1 aromatic rings. The van der Waals surface area contributed by atoms with Crippen molar-refractivity contribution in [1.82, 2.24) is 0 Å². The Bertz CT molecular complexity index is 424. The predicted molar refractivity (Wildman–Crippen MR) is 81.6 cm³/mol. The normalized spacial score (nSPS) is 18.2. The van der Waals surface area contributed by atoms with Crippen molar-refractivity contribution in [3.8, 4) is 5.75 Å². The standard InChI is InChI=1S/C13H17BrO2S2/c1-8(2)6-7-16-13-17-11-9(14)4-5-10(15-3)12(11)18-13/h4-5,8,13H,6-7H2,1-3H3. The maximum Gasteiger partial charge on any atom is 0.158 e. The molecule has 5 heteroatoms. The first-order valence-electron chi connectivity index (χ1n) is 5.93. The van der Waals surface area contributed by atoms with Gasteiger partial charge in [-0.15, -0.1) is 0 Å². The van der Waals surface area contributed by atoms with Crippen LogP contribution >= 0.6 is 39.5 Å².